The Hall–Kier alpha value is -2.09. The molecule has 0 N–H and O–H groups in total. The van der Waals surface area contributed by atoms with Crippen molar-refractivity contribution in [1.82, 2.24) is 4.57 Å². The van der Waals surface area contributed by atoms with Gasteiger partial charge in [0.05, 0.1) is 28.1 Å². The summed E-state index contributed by atoms with van der Waals surface area (Å²) in [5.41, 5.74) is 0.565. The summed E-state index contributed by atoms with van der Waals surface area (Å²) in [4.78, 5) is 28.5. The van der Waals surface area contributed by atoms with Crippen molar-refractivity contribution in [2.45, 2.75) is 13.5 Å². The highest BCUT2D eigenvalue weighted by Crippen LogP contribution is 2.29. The number of fused-ring (bicyclic) bond motifs is 1. The number of nitrogens with zero attached hydrogens (tertiary/aromatic N) is 2. The van der Waals surface area contributed by atoms with Crippen LogP contribution in [0, 0.1) is 0 Å². The summed E-state index contributed by atoms with van der Waals surface area (Å²) < 4.78 is 12.3. The summed E-state index contributed by atoms with van der Waals surface area (Å²) in [6.07, 6.45) is 1.39. The van der Waals surface area contributed by atoms with Gasteiger partial charge < -0.3 is 13.7 Å². The Morgan fingerprint density at radius 3 is 2.84 bits per heavy atom. The largest absolute Gasteiger partial charge is 0.465 e. The molecule has 0 saturated carbocycles. The number of benzene rings is 1. The third kappa shape index (κ3) is 3.78. The molecular weight excluding hydrogens is 387 g/mol. The molecule has 3 rings (SSSR count). The molecule has 0 spiro atoms. The van der Waals surface area contributed by atoms with Gasteiger partial charge in [-0.3, -0.25) is 9.59 Å². The summed E-state index contributed by atoms with van der Waals surface area (Å²) in [6.45, 7) is 1.84. The molecule has 0 aliphatic heterocycles. The van der Waals surface area contributed by atoms with Crippen molar-refractivity contribution < 1.29 is 18.7 Å². The van der Waals surface area contributed by atoms with Gasteiger partial charge in [-0.2, -0.15) is 4.99 Å². The van der Waals surface area contributed by atoms with E-state index in [1.54, 1.807) is 25.1 Å². The number of carbonyl (C=O) groups excluding carboxylic acids is 2. The molecule has 2 heterocycles. The second-order valence-electron chi connectivity index (χ2n) is 4.90. The Balaban J connectivity index is 2.17. The summed E-state index contributed by atoms with van der Waals surface area (Å²) in [5.74, 6) is -0.916. The number of halogens is 2. The molecule has 0 aliphatic rings. The Morgan fingerprint density at radius 2 is 2.16 bits per heavy atom. The summed E-state index contributed by atoms with van der Waals surface area (Å²) in [7, 11) is 0. The Labute approximate surface area is 156 Å². The first-order valence-electron chi connectivity index (χ1n) is 7.26. The van der Waals surface area contributed by atoms with Crippen LogP contribution in [0.25, 0.3) is 10.2 Å². The lowest BCUT2D eigenvalue weighted by Crippen LogP contribution is -2.23. The number of esters is 1. The van der Waals surface area contributed by atoms with Crippen molar-refractivity contribution in [2.75, 3.05) is 6.61 Å². The van der Waals surface area contributed by atoms with Gasteiger partial charge in [-0.15, -0.1) is 0 Å². The molecule has 130 valence electrons. The maximum absolute atomic E-state index is 12.2. The van der Waals surface area contributed by atoms with Crippen LogP contribution >= 0.6 is 34.5 Å². The van der Waals surface area contributed by atoms with Crippen molar-refractivity contribution in [3.8, 4) is 0 Å². The smallest absolute Gasteiger partial charge is 0.326 e. The van der Waals surface area contributed by atoms with Crippen LogP contribution in [0.4, 0.5) is 0 Å². The van der Waals surface area contributed by atoms with Crippen LogP contribution in [0.1, 0.15) is 17.5 Å². The Kier molecular flexibility index (Phi) is 5.27. The zero-order valence-electron chi connectivity index (χ0n) is 13.0. The fraction of sp³-hybridized carbons (Fsp3) is 0.188. The maximum atomic E-state index is 12.2. The van der Waals surface area contributed by atoms with Crippen molar-refractivity contribution in [2.24, 2.45) is 4.99 Å². The molecule has 0 atom stereocenters. The number of thiazole rings is 1. The first-order valence-corrected chi connectivity index (χ1v) is 8.83. The average molecular weight is 399 g/mol. The lowest BCUT2D eigenvalue weighted by Gasteiger charge is -2.06. The van der Waals surface area contributed by atoms with E-state index in [1.165, 1.54) is 28.2 Å². The van der Waals surface area contributed by atoms with E-state index in [1.807, 2.05) is 0 Å². The second-order valence-corrected chi connectivity index (χ2v) is 6.76. The fourth-order valence-electron chi connectivity index (χ4n) is 2.24. The lowest BCUT2D eigenvalue weighted by molar-refractivity contribution is -0.143. The minimum absolute atomic E-state index is 0.101. The second kappa shape index (κ2) is 7.43. The third-order valence-corrected chi connectivity index (χ3v) is 4.75. The highest BCUT2D eigenvalue weighted by molar-refractivity contribution is 7.16. The van der Waals surface area contributed by atoms with E-state index in [2.05, 4.69) is 4.99 Å². The van der Waals surface area contributed by atoms with Gasteiger partial charge in [0.2, 0.25) is 0 Å². The van der Waals surface area contributed by atoms with Crippen LogP contribution in [0.3, 0.4) is 0 Å². The number of hydrogen-bond acceptors (Lipinski definition) is 5. The van der Waals surface area contributed by atoms with Gasteiger partial charge in [0.1, 0.15) is 6.54 Å². The van der Waals surface area contributed by atoms with E-state index in [9.17, 15) is 9.59 Å². The average Bonchev–Trinajstić information content (AvgIpc) is 3.16. The Bertz CT molecular complexity index is 1010. The Morgan fingerprint density at radius 1 is 1.36 bits per heavy atom. The van der Waals surface area contributed by atoms with Crippen LogP contribution in [-0.2, 0) is 16.1 Å². The topological polar surface area (TPSA) is 73.8 Å². The normalized spacial score (nSPS) is 11.9. The standard InChI is InChI=1S/C16H12Cl2N2O4S/c1-2-23-13(21)8-20-14-10(18)6-9(17)7-12(14)25-16(20)19-15(22)11-4-3-5-24-11/h3-7H,2,8H2,1H3. The fourth-order valence-corrected chi connectivity index (χ4v) is 4.05. The first kappa shape index (κ1) is 17.7. The first-order chi connectivity index (χ1) is 12.0. The van der Waals surface area contributed by atoms with Gasteiger partial charge in [0.25, 0.3) is 0 Å². The quantitative estimate of drug-likeness (QED) is 0.624. The molecule has 0 unspecified atom stereocenters. The molecule has 0 saturated heterocycles. The predicted molar refractivity (Wildman–Crippen MR) is 95.1 cm³/mol. The molecule has 1 aromatic carbocycles. The molecule has 0 fully saturated rings. The van der Waals surface area contributed by atoms with Gasteiger partial charge in [-0.05, 0) is 31.2 Å². The van der Waals surface area contributed by atoms with Crippen molar-refractivity contribution >= 4 is 56.6 Å². The minimum atomic E-state index is -0.559. The molecule has 0 bridgehead atoms. The number of furan rings is 1. The van der Waals surface area contributed by atoms with Crippen molar-refractivity contribution in [3.05, 3.63) is 51.1 Å². The third-order valence-electron chi connectivity index (χ3n) is 3.22. The number of hydrogen-bond donors (Lipinski definition) is 0. The van der Waals surface area contributed by atoms with Gasteiger partial charge in [0.15, 0.2) is 10.6 Å². The summed E-state index contributed by atoms with van der Waals surface area (Å²) >= 11 is 13.5. The SMILES string of the molecule is CCOC(=O)Cn1c(=NC(=O)c2ccco2)sc2cc(Cl)cc(Cl)c21. The number of rotatable bonds is 4. The van der Waals surface area contributed by atoms with Crippen LogP contribution < -0.4 is 4.80 Å². The zero-order chi connectivity index (χ0) is 18.0. The van der Waals surface area contributed by atoms with E-state index in [0.29, 0.717) is 25.1 Å². The molecule has 9 heteroatoms. The molecule has 1 amide bonds. The molecule has 2 aromatic heterocycles. The van der Waals surface area contributed by atoms with Crippen LogP contribution in [0.5, 0.6) is 0 Å². The molecular formula is C16H12Cl2N2O4S. The van der Waals surface area contributed by atoms with Crippen LogP contribution in [-0.4, -0.2) is 23.1 Å². The predicted octanol–water partition coefficient (Wildman–Crippen LogP) is 3.91. The number of carbonyl (C=O) groups is 2. The zero-order valence-corrected chi connectivity index (χ0v) is 15.3. The van der Waals surface area contributed by atoms with Gasteiger partial charge in [0, 0.05) is 5.02 Å². The van der Waals surface area contributed by atoms with Crippen molar-refractivity contribution in [1.29, 1.82) is 0 Å². The van der Waals surface area contributed by atoms with Gasteiger partial charge >= 0.3 is 11.9 Å². The van der Waals surface area contributed by atoms with E-state index >= 15 is 0 Å². The van der Waals surface area contributed by atoms with Crippen LogP contribution in [0.15, 0.2) is 39.9 Å². The van der Waals surface area contributed by atoms with Crippen molar-refractivity contribution in [3.63, 3.8) is 0 Å². The summed E-state index contributed by atoms with van der Waals surface area (Å²) in [5, 5.41) is 0.806. The molecule has 25 heavy (non-hydrogen) atoms. The van der Waals surface area contributed by atoms with E-state index < -0.39 is 11.9 Å². The lowest BCUT2D eigenvalue weighted by atomic mass is 10.3. The molecule has 0 aliphatic carbocycles. The van der Waals surface area contributed by atoms with Gasteiger partial charge in [-0.25, -0.2) is 0 Å². The number of aromatic nitrogens is 1. The highest BCUT2D eigenvalue weighted by atomic mass is 35.5. The van der Waals surface area contributed by atoms with E-state index in [0.717, 1.165) is 0 Å². The number of ether oxygens (including phenoxy) is 1. The monoisotopic (exact) mass is 398 g/mol. The molecule has 3 aromatic rings. The van der Waals surface area contributed by atoms with E-state index in [4.69, 9.17) is 32.4 Å². The number of amides is 1. The molecule has 6 nitrogen and oxygen atoms in total. The van der Waals surface area contributed by atoms with Crippen LogP contribution in [0.2, 0.25) is 10.0 Å². The minimum Gasteiger partial charge on any atom is -0.465 e. The highest BCUT2D eigenvalue weighted by Gasteiger charge is 2.16. The van der Waals surface area contributed by atoms with Gasteiger partial charge in [-0.1, -0.05) is 34.5 Å². The van der Waals surface area contributed by atoms with E-state index in [-0.39, 0.29) is 18.9 Å². The maximum Gasteiger partial charge on any atom is 0.326 e. The summed E-state index contributed by atoms with van der Waals surface area (Å²) in [6, 6.07) is 6.37. The molecule has 0 radical (unpaired) electrons.